The number of hydrogen-bond donors (Lipinski definition) is 7. The molecule has 2 saturated heterocycles. The number of aliphatic hydroxyl groups excluding tert-OH is 7. The first-order chi connectivity index (χ1) is 10.4. The maximum atomic E-state index is 9.94. The summed E-state index contributed by atoms with van der Waals surface area (Å²) in [5.74, 6) is 0. The van der Waals surface area contributed by atoms with E-state index in [-0.39, 0.29) is 6.42 Å². The summed E-state index contributed by atoms with van der Waals surface area (Å²) in [6.45, 7) is -1.14. The lowest BCUT2D eigenvalue weighted by Gasteiger charge is -2.43. The molecule has 0 saturated carbocycles. The van der Waals surface area contributed by atoms with Gasteiger partial charge in [0.15, 0.2) is 12.6 Å². The lowest BCUT2D eigenvalue weighted by molar-refractivity contribution is -0.336. The zero-order valence-corrected chi connectivity index (χ0v) is 11.7. The summed E-state index contributed by atoms with van der Waals surface area (Å²) in [6.07, 6.45) is -12.0. The van der Waals surface area contributed by atoms with Gasteiger partial charge in [0.1, 0.15) is 36.6 Å². The molecule has 2 heterocycles. The van der Waals surface area contributed by atoms with Crippen molar-refractivity contribution < 1.29 is 50.0 Å². The minimum Gasteiger partial charge on any atom is -0.394 e. The van der Waals surface area contributed by atoms with Gasteiger partial charge in [0, 0.05) is 6.42 Å². The van der Waals surface area contributed by atoms with Gasteiger partial charge < -0.3 is 50.0 Å². The Hall–Kier alpha value is -0.400. The van der Waals surface area contributed by atoms with Gasteiger partial charge in [-0.05, 0) is 0 Å². The summed E-state index contributed by atoms with van der Waals surface area (Å²) in [5, 5.41) is 66.6. The van der Waals surface area contributed by atoms with Crippen LogP contribution in [-0.2, 0) is 14.2 Å². The molecule has 0 aromatic rings. The molecule has 0 radical (unpaired) electrons. The molecule has 2 fully saturated rings. The van der Waals surface area contributed by atoms with Crippen LogP contribution in [0.25, 0.3) is 0 Å². The summed E-state index contributed by atoms with van der Waals surface area (Å²) >= 11 is 0. The highest BCUT2D eigenvalue weighted by molar-refractivity contribution is 4.91. The van der Waals surface area contributed by atoms with Gasteiger partial charge in [-0.25, -0.2) is 0 Å². The normalized spacial score (nSPS) is 50.0. The van der Waals surface area contributed by atoms with Crippen LogP contribution >= 0.6 is 0 Å². The fraction of sp³-hybridized carbons (Fsp3) is 1.00. The SMILES string of the molecule is OC[C@H]1O[C@@H](O[C@H]2[C@H](O)[C@@H](O)[C@H](O)O[C@@H]2CO)C[C@@H](O)[C@H]1O. The monoisotopic (exact) mass is 326 g/mol. The van der Waals surface area contributed by atoms with Gasteiger partial charge in [0.05, 0.1) is 19.3 Å². The third kappa shape index (κ3) is 3.57. The smallest absolute Gasteiger partial charge is 0.184 e. The Morgan fingerprint density at radius 1 is 0.818 bits per heavy atom. The lowest BCUT2D eigenvalue weighted by Crippen LogP contribution is -2.61. The minimum absolute atomic E-state index is 0.141. The molecule has 130 valence electrons. The Balaban J connectivity index is 2.04. The molecule has 9 atom stereocenters. The topological polar surface area (TPSA) is 169 Å². The quantitative estimate of drug-likeness (QED) is 0.268. The van der Waals surface area contributed by atoms with Crippen molar-refractivity contribution in [1.29, 1.82) is 0 Å². The van der Waals surface area contributed by atoms with E-state index in [1.165, 1.54) is 0 Å². The van der Waals surface area contributed by atoms with Crippen molar-refractivity contribution in [3.05, 3.63) is 0 Å². The Labute approximate surface area is 126 Å². The largest absolute Gasteiger partial charge is 0.394 e. The standard InChI is InChI=1S/C12H22O10/c13-2-5-8(16)4(15)1-7(20-5)22-11-6(3-14)21-12(19)10(18)9(11)17/h4-19H,1-3H2/t4-,5-,6-,7+,8-,9-,10-,11-,12-/m1/s1. The molecule has 10 nitrogen and oxygen atoms in total. The Bertz CT molecular complexity index is 353. The maximum Gasteiger partial charge on any atom is 0.184 e. The van der Waals surface area contributed by atoms with E-state index in [0.29, 0.717) is 0 Å². The molecular weight excluding hydrogens is 304 g/mol. The third-order valence-electron chi connectivity index (χ3n) is 3.86. The summed E-state index contributed by atoms with van der Waals surface area (Å²) in [6, 6.07) is 0. The fourth-order valence-corrected chi connectivity index (χ4v) is 2.56. The van der Waals surface area contributed by atoms with Crippen LogP contribution in [0.15, 0.2) is 0 Å². The van der Waals surface area contributed by atoms with Gasteiger partial charge in [0.25, 0.3) is 0 Å². The molecule has 0 spiro atoms. The minimum atomic E-state index is -1.67. The summed E-state index contributed by atoms with van der Waals surface area (Å²) in [4.78, 5) is 0. The van der Waals surface area contributed by atoms with Crippen molar-refractivity contribution in [2.45, 2.75) is 61.7 Å². The summed E-state index contributed by atoms with van der Waals surface area (Å²) < 4.78 is 15.6. The molecule has 7 N–H and O–H groups in total. The number of ether oxygens (including phenoxy) is 3. The highest BCUT2D eigenvalue weighted by atomic mass is 16.7. The van der Waals surface area contributed by atoms with Gasteiger partial charge in [-0.2, -0.15) is 0 Å². The van der Waals surface area contributed by atoms with Crippen LogP contribution < -0.4 is 0 Å². The number of rotatable bonds is 4. The molecule has 22 heavy (non-hydrogen) atoms. The van der Waals surface area contributed by atoms with Gasteiger partial charge in [-0.15, -0.1) is 0 Å². The first-order valence-electron chi connectivity index (χ1n) is 6.97. The molecule has 10 heteroatoms. The van der Waals surface area contributed by atoms with Crippen molar-refractivity contribution in [1.82, 2.24) is 0 Å². The predicted octanol–water partition coefficient (Wildman–Crippen LogP) is -4.37. The van der Waals surface area contributed by atoms with Crippen molar-refractivity contribution >= 4 is 0 Å². The molecule has 0 aromatic heterocycles. The second kappa shape index (κ2) is 7.45. The van der Waals surface area contributed by atoms with Gasteiger partial charge in [0.2, 0.25) is 0 Å². The molecule has 2 aliphatic heterocycles. The summed E-state index contributed by atoms with van der Waals surface area (Å²) in [7, 11) is 0. The number of hydrogen-bond acceptors (Lipinski definition) is 10. The Morgan fingerprint density at radius 2 is 1.45 bits per heavy atom. The van der Waals surface area contributed by atoms with E-state index in [9.17, 15) is 30.6 Å². The maximum absolute atomic E-state index is 9.94. The average Bonchev–Trinajstić information content (AvgIpc) is 2.50. The lowest BCUT2D eigenvalue weighted by atomic mass is 9.98. The van der Waals surface area contributed by atoms with Crippen molar-refractivity contribution in [3.63, 3.8) is 0 Å². The Kier molecular flexibility index (Phi) is 6.07. The van der Waals surface area contributed by atoms with Crippen molar-refractivity contribution in [3.8, 4) is 0 Å². The fourth-order valence-electron chi connectivity index (χ4n) is 2.56. The first-order valence-corrected chi connectivity index (χ1v) is 6.97. The molecular formula is C12H22O10. The van der Waals surface area contributed by atoms with E-state index in [0.717, 1.165) is 0 Å². The Morgan fingerprint density at radius 3 is 2.05 bits per heavy atom. The van der Waals surface area contributed by atoms with Crippen molar-refractivity contribution in [2.75, 3.05) is 13.2 Å². The molecule has 2 aliphatic rings. The first kappa shape index (κ1) is 17.9. The van der Waals surface area contributed by atoms with E-state index in [1.54, 1.807) is 0 Å². The van der Waals surface area contributed by atoms with Gasteiger partial charge in [-0.1, -0.05) is 0 Å². The number of aliphatic hydroxyl groups is 7. The van der Waals surface area contributed by atoms with Crippen LogP contribution in [0.1, 0.15) is 6.42 Å². The second-order valence-electron chi connectivity index (χ2n) is 5.41. The van der Waals surface area contributed by atoms with E-state index in [1.807, 2.05) is 0 Å². The van der Waals surface area contributed by atoms with Gasteiger partial charge in [-0.3, -0.25) is 0 Å². The second-order valence-corrected chi connectivity index (χ2v) is 5.41. The van der Waals surface area contributed by atoms with Crippen LogP contribution in [0.2, 0.25) is 0 Å². The van der Waals surface area contributed by atoms with Crippen molar-refractivity contribution in [2.24, 2.45) is 0 Å². The van der Waals surface area contributed by atoms with Crippen LogP contribution in [0.4, 0.5) is 0 Å². The van der Waals surface area contributed by atoms with Gasteiger partial charge >= 0.3 is 0 Å². The van der Waals surface area contributed by atoms with Crippen LogP contribution in [-0.4, -0.2) is 104 Å². The molecule has 0 unspecified atom stereocenters. The molecule has 0 aromatic carbocycles. The molecule has 0 bridgehead atoms. The highest BCUT2D eigenvalue weighted by Gasteiger charge is 2.47. The third-order valence-corrected chi connectivity index (χ3v) is 3.86. The van der Waals surface area contributed by atoms with Crippen LogP contribution in [0.3, 0.4) is 0 Å². The van der Waals surface area contributed by atoms with Crippen LogP contribution in [0, 0.1) is 0 Å². The van der Waals surface area contributed by atoms with E-state index < -0.39 is 68.5 Å². The molecule has 0 amide bonds. The van der Waals surface area contributed by atoms with E-state index in [4.69, 9.17) is 19.3 Å². The zero-order valence-electron chi connectivity index (χ0n) is 11.7. The highest BCUT2D eigenvalue weighted by Crippen LogP contribution is 2.28. The summed E-state index contributed by atoms with van der Waals surface area (Å²) in [5.41, 5.74) is 0. The molecule has 2 rings (SSSR count). The van der Waals surface area contributed by atoms with E-state index >= 15 is 0 Å². The molecule has 0 aliphatic carbocycles. The predicted molar refractivity (Wildman–Crippen MR) is 67.2 cm³/mol. The zero-order chi connectivity index (χ0) is 16.4. The van der Waals surface area contributed by atoms with Crippen LogP contribution in [0.5, 0.6) is 0 Å². The van der Waals surface area contributed by atoms with E-state index in [2.05, 4.69) is 0 Å². The average molecular weight is 326 g/mol.